The first-order valence-electron chi connectivity index (χ1n) is 6.19. The molecule has 104 valence electrons. The smallest absolute Gasteiger partial charge is 0.162 e. The van der Waals surface area contributed by atoms with Crippen LogP contribution in [0, 0.1) is 6.92 Å². The number of rotatable bonds is 6. The Balaban J connectivity index is 2.44. The summed E-state index contributed by atoms with van der Waals surface area (Å²) in [4.78, 5) is 4.49. The third kappa shape index (κ3) is 2.78. The van der Waals surface area contributed by atoms with Crippen molar-refractivity contribution in [1.29, 1.82) is 0 Å². The largest absolute Gasteiger partial charge is 0.493 e. The minimum atomic E-state index is -0.214. The van der Waals surface area contributed by atoms with E-state index in [2.05, 4.69) is 22.4 Å². The lowest BCUT2D eigenvalue weighted by Gasteiger charge is -2.17. The Bertz CT molecular complexity index is 536. The van der Waals surface area contributed by atoms with Gasteiger partial charge in [-0.25, -0.2) is 10.4 Å². The fourth-order valence-corrected chi connectivity index (χ4v) is 2.67. The zero-order valence-electron chi connectivity index (χ0n) is 11.4. The molecule has 0 radical (unpaired) electrons. The number of nitrogens with zero attached hydrogens (tertiary/aromatic N) is 3. The Morgan fingerprint density at radius 3 is 2.89 bits per heavy atom. The van der Waals surface area contributed by atoms with Gasteiger partial charge in [-0.05, 0) is 13.3 Å². The molecule has 7 heteroatoms. The molecule has 1 atom stereocenters. The van der Waals surface area contributed by atoms with Crippen LogP contribution < -0.4 is 16.0 Å². The number of methoxy groups -OCH3 is 1. The number of ether oxygens (including phenoxy) is 1. The highest BCUT2D eigenvalue weighted by Crippen LogP contribution is 2.30. The van der Waals surface area contributed by atoms with Crippen LogP contribution in [0.5, 0.6) is 5.75 Å². The molecule has 0 aromatic carbocycles. The fourth-order valence-electron chi connectivity index (χ4n) is 2.03. The van der Waals surface area contributed by atoms with E-state index in [9.17, 15) is 0 Å². The van der Waals surface area contributed by atoms with Crippen molar-refractivity contribution in [2.75, 3.05) is 7.11 Å². The second-order valence-corrected chi connectivity index (χ2v) is 5.27. The van der Waals surface area contributed by atoms with Crippen LogP contribution in [0.3, 0.4) is 0 Å². The zero-order chi connectivity index (χ0) is 13.8. The van der Waals surface area contributed by atoms with Crippen molar-refractivity contribution in [2.24, 2.45) is 5.84 Å². The SMILES string of the molecule is CCCn1ncc(OC)c1C(NN)c1csc(C)n1. The quantitative estimate of drug-likeness (QED) is 0.621. The van der Waals surface area contributed by atoms with Crippen molar-refractivity contribution in [3.05, 3.63) is 28.0 Å². The van der Waals surface area contributed by atoms with Crippen LogP contribution in [0.15, 0.2) is 11.6 Å². The van der Waals surface area contributed by atoms with E-state index in [1.54, 1.807) is 24.6 Å². The average molecular weight is 281 g/mol. The lowest BCUT2D eigenvalue weighted by Crippen LogP contribution is -2.31. The fraction of sp³-hybridized carbons (Fsp3) is 0.500. The molecule has 2 aromatic rings. The number of nitrogens with one attached hydrogen (secondary N) is 1. The van der Waals surface area contributed by atoms with Gasteiger partial charge in [-0.3, -0.25) is 10.5 Å². The molecular weight excluding hydrogens is 262 g/mol. The van der Waals surface area contributed by atoms with Crippen molar-refractivity contribution in [3.8, 4) is 5.75 Å². The highest BCUT2D eigenvalue weighted by atomic mass is 32.1. The van der Waals surface area contributed by atoms with Crippen molar-refractivity contribution in [2.45, 2.75) is 32.9 Å². The highest BCUT2D eigenvalue weighted by molar-refractivity contribution is 7.09. The molecule has 0 saturated heterocycles. The van der Waals surface area contributed by atoms with Gasteiger partial charge in [-0.2, -0.15) is 5.10 Å². The van der Waals surface area contributed by atoms with Gasteiger partial charge in [0.2, 0.25) is 0 Å². The lowest BCUT2D eigenvalue weighted by molar-refractivity contribution is 0.397. The van der Waals surface area contributed by atoms with Crippen molar-refractivity contribution >= 4 is 11.3 Å². The molecule has 19 heavy (non-hydrogen) atoms. The molecule has 2 aromatic heterocycles. The Labute approximate surface area is 116 Å². The van der Waals surface area contributed by atoms with Gasteiger partial charge in [-0.15, -0.1) is 11.3 Å². The number of nitrogens with two attached hydrogens (primary N) is 1. The molecule has 0 amide bonds. The number of hydrazine groups is 1. The summed E-state index contributed by atoms with van der Waals surface area (Å²) in [6, 6.07) is -0.214. The first kappa shape index (κ1) is 14.0. The van der Waals surface area contributed by atoms with Crippen LogP contribution in [0.2, 0.25) is 0 Å². The van der Waals surface area contributed by atoms with Gasteiger partial charge in [-0.1, -0.05) is 6.92 Å². The summed E-state index contributed by atoms with van der Waals surface area (Å²) in [7, 11) is 1.64. The van der Waals surface area contributed by atoms with Gasteiger partial charge in [0.05, 0.1) is 24.0 Å². The summed E-state index contributed by atoms with van der Waals surface area (Å²) in [6.07, 6.45) is 2.71. The molecule has 0 aliphatic rings. The molecule has 6 nitrogen and oxygen atoms in total. The van der Waals surface area contributed by atoms with E-state index in [1.807, 2.05) is 17.0 Å². The Kier molecular flexibility index (Phi) is 4.52. The predicted molar refractivity (Wildman–Crippen MR) is 75.1 cm³/mol. The van der Waals surface area contributed by atoms with Crippen LogP contribution in [0.1, 0.15) is 35.8 Å². The molecule has 0 saturated carbocycles. The minimum Gasteiger partial charge on any atom is -0.493 e. The molecule has 2 rings (SSSR count). The minimum absolute atomic E-state index is 0.214. The van der Waals surface area contributed by atoms with Gasteiger partial charge in [0.1, 0.15) is 11.7 Å². The first-order valence-corrected chi connectivity index (χ1v) is 7.07. The molecule has 0 bridgehead atoms. The van der Waals surface area contributed by atoms with Crippen molar-refractivity contribution in [1.82, 2.24) is 20.2 Å². The summed E-state index contributed by atoms with van der Waals surface area (Å²) in [5, 5.41) is 7.36. The molecule has 0 fully saturated rings. The molecule has 1 unspecified atom stereocenters. The summed E-state index contributed by atoms with van der Waals surface area (Å²) in [5.74, 6) is 6.44. The second kappa shape index (κ2) is 6.14. The summed E-state index contributed by atoms with van der Waals surface area (Å²) < 4.78 is 7.29. The molecule has 2 heterocycles. The van der Waals surface area contributed by atoms with E-state index >= 15 is 0 Å². The summed E-state index contributed by atoms with van der Waals surface area (Å²) in [6.45, 7) is 4.90. The highest BCUT2D eigenvalue weighted by Gasteiger charge is 2.24. The Hall–Kier alpha value is -1.44. The second-order valence-electron chi connectivity index (χ2n) is 4.21. The third-order valence-corrected chi connectivity index (χ3v) is 3.66. The summed E-state index contributed by atoms with van der Waals surface area (Å²) in [5.41, 5.74) is 4.61. The number of hydrogen-bond donors (Lipinski definition) is 2. The van der Waals surface area contributed by atoms with Crippen LogP contribution in [-0.2, 0) is 6.54 Å². The molecule has 0 aliphatic carbocycles. The third-order valence-electron chi connectivity index (χ3n) is 2.87. The van der Waals surface area contributed by atoms with E-state index < -0.39 is 0 Å². The number of aryl methyl sites for hydroxylation is 2. The predicted octanol–water partition coefficient (Wildman–Crippen LogP) is 1.62. The van der Waals surface area contributed by atoms with Crippen LogP contribution in [0.4, 0.5) is 0 Å². The van der Waals surface area contributed by atoms with Crippen LogP contribution in [0.25, 0.3) is 0 Å². The average Bonchev–Trinajstić information content (AvgIpc) is 2.99. The topological polar surface area (TPSA) is 78.0 Å². The summed E-state index contributed by atoms with van der Waals surface area (Å²) >= 11 is 1.60. The van der Waals surface area contributed by atoms with Gasteiger partial charge < -0.3 is 4.74 Å². The van der Waals surface area contributed by atoms with E-state index in [0.29, 0.717) is 0 Å². The zero-order valence-corrected chi connectivity index (χ0v) is 12.2. The van der Waals surface area contributed by atoms with E-state index in [1.165, 1.54) is 0 Å². The number of thiazole rings is 1. The van der Waals surface area contributed by atoms with Crippen LogP contribution in [-0.4, -0.2) is 21.9 Å². The molecule has 3 N–H and O–H groups in total. The van der Waals surface area contributed by atoms with Gasteiger partial charge in [0.15, 0.2) is 5.75 Å². The lowest BCUT2D eigenvalue weighted by atomic mass is 10.1. The normalized spacial score (nSPS) is 12.6. The first-order chi connectivity index (χ1) is 9.21. The maximum atomic E-state index is 5.71. The molecule has 0 spiro atoms. The number of aromatic nitrogens is 3. The van der Waals surface area contributed by atoms with Crippen LogP contribution >= 0.6 is 11.3 Å². The Morgan fingerprint density at radius 1 is 1.58 bits per heavy atom. The van der Waals surface area contributed by atoms with Crippen molar-refractivity contribution < 1.29 is 4.74 Å². The molecular formula is C12H19N5OS. The van der Waals surface area contributed by atoms with Crippen molar-refractivity contribution in [3.63, 3.8) is 0 Å². The van der Waals surface area contributed by atoms with E-state index in [4.69, 9.17) is 10.6 Å². The maximum absolute atomic E-state index is 5.71. The van der Waals surface area contributed by atoms with Gasteiger partial charge >= 0.3 is 0 Å². The van der Waals surface area contributed by atoms with Gasteiger partial charge in [0.25, 0.3) is 0 Å². The van der Waals surface area contributed by atoms with Gasteiger partial charge in [0, 0.05) is 11.9 Å². The monoisotopic (exact) mass is 281 g/mol. The number of hydrogen-bond acceptors (Lipinski definition) is 6. The Morgan fingerprint density at radius 2 is 2.37 bits per heavy atom. The standard InChI is InChI=1S/C12H19N5OS/c1-4-5-17-12(10(18-3)6-14-17)11(16-13)9-7-19-8(2)15-9/h6-7,11,16H,4-5,13H2,1-3H3. The van der Waals surface area contributed by atoms with E-state index in [0.717, 1.165) is 35.1 Å². The maximum Gasteiger partial charge on any atom is 0.162 e. The molecule has 0 aliphatic heterocycles. The van der Waals surface area contributed by atoms with E-state index in [-0.39, 0.29) is 6.04 Å².